The Morgan fingerprint density at radius 3 is 2.85 bits per heavy atom. The Hall–Kier alpha value is -0.690. The Bertz CT molecular complexity index is 502. The highest BCUT2D eigenvalue weighted by molar-refractivity contribution is 8.06. The second-order valence-corrected chi connectivity index (χ2v) is 7.86. The van der Waals surface area contributed by atoms with Gasteiger partial charge in [0.2, 0.25) is 5.89 Å². The molecule has 1 aromatic heterocycles. The van der Waals surface area contributed by atoms with Crippen LogP contribution in [-0.4, -0.2) is 39.5 Å². The molecule has 0 aromatic carbocycles. The molecule has 0 spiro atoms. The third-order valence-electron chi connectivity index (χ3n) is 3.71. The molecule has 1 aliphatic carbocycles. The highest BCUT2D eigenvalue weighted by Gasteiger charge is 2.57. The Morgan fingerprint density at radius 1 is 1.45 bits per heavy atom. The van der Waals surface area contributed by atoms with E-state index in [1.54, 1.807) is 0 Å². The molecule has 2 heterocycles. The van der Waals surface area contributed by atoms with E-state index in [4.69, 9.17) is 9.26 Å². The minimum atomic E-state index is -0.656. The average Bonchev–Trinajstić information content (AvgIpc) is 3.12. The Morgan fingerprint density at radius 2 is 2.20 bits per heavy atom. The van der Waals surface area contributed by atoms with Crippen molar-refractivity contribution in [2.24, 2.45) is 0 Å². The SMILES string of the molecule is CCOC(=O)C1(c2nc(C3SCCSC3C)no2)CC1. The van der Waals surface area contributed by atoms with Crippen LogP contribution in [0, 0.1) is 0 Å². The van der Waals surface area contributed by atoms with Crippen LogP contribution in [0.4, 0.5) is 0 Å². The van der Waals surface area contributed by atoms with Gasteiger partial charge in [-0.1, -0.05) is 12.1 Å². The molecule has 2 fully saturated rings. The summed E-state index contributed by atoms with van der Waals surface area (Å²) in [5.41, 5.74) is -0.656. The fraction of sp³-hybridized carbons (Fsp3) is 0.769. The second-order valence-electron chi connectivity index (χ2n) is 5.13. The summed E-state index contributed by atoms with van der Waals surface area (Å²) in [5, 5.41) is 4.83. The van der Waals surface area contributed by atoms with Gasteiger partial charge in [-0.2, -0.15) is 16.7 Å². The van der Waals surface area contributed by atoms with Crippen LogP contribution in [0.25, 0.3) is 0 Å². The molecule has 1 aliphatic heterocycles. The van der Waals surface area contributed by atoms with Gasteiger partial charge in [0.1, 0.15) is 5.41 Å². The Kier molecular flexibility index (Phi) is 3.99. The third kappa shape index (κ3) is 2.45. The molecule has 3 rings (SSSR count). The number of ether oxygens (including phenoxy) is 1. The first kappa shape index (κ1) is 14.3. The molecule has 5 nitrogen and oxygen atoms in total. The molecule has 1 saturated heterocycles. The number of hydrogen-bond acceptors (Lipinski definition) is 7. The van der Waals surface area contributed by atoms with Gasteiger partial charge in [0.05, 0.1) is 11.9 Å². The zero-order chi connectivity index (χ0) is 14.2. The van der Waals surface area contributed by atoms with Crippen LogP contribution in [0.1, 0.15) is 43.7 Å². The summed E-state index contributed by atoms with van der Waals surface area (Å²) in [5.74, 6) is 3.20. The second kappa shape index (κ2) is 5.60. The van der Waals surface area contributed by atoms with Crippen LogP contribution in [0.5, 0.6) is 0 Å². The fourth-order valence-electron chi connectivity index (χ4n) is 2.36. The molecule has 0 radical (unpaired) electrons. The average molecular weight is 314 g/mol. The van der Waals surface area contributed by atoms with E-state index in [0.29, 0.717) is 17.7 Å². The van der Waals surface area contributed by atoms with Crippen LogP contribution < -0.4 is 0 Å². The molecule has 2 aliphatic rings. The quantitative estimate of drug-likeness (QED) is 0.791. The van der Waals surface area contributed by atoms with Crippen molar-refractivity contribution in [3.63, 3.8) is 0 Å². The van der Waals surface area contributed by atoms with Crippen molar-refractivity contribution in [2.75, 3.05) is 18.1 Å². The first-order valence-corrected chi connectivity index (χ1v) is 9.01. The van der Waals surface area contributed by atoms with Gasteiger partial charge in [-0.25, -0.2) is 0 Å². The molecule has 1 saturated carbocycles. The van der Waals surface area contributed by atoms with Gasteiger partial charge in [0.15, 0.2) is 5.82 Å². The van der Waals surface area contributed by atoms with Gasteiger partial charge < -0.3 is 9.26 Å². The van der Waals surface area contributed by atoms with Crippen molar-refractivity contribution >= 4 is 29.5 Å². The third-order valence-corrected chi connectivity index (χ3v) is 6.80. The predicted molar refractivity (Wildman–Crippen MR) is 79.0 cm³/mol. The Balaban J connectivity index is 1.78. The van der Waals surface area contributed by atoms with Gasteiger partial charge in [-0.15, -0.1) is 11.8 Å². The number of rotatable bonds is 4. The molecule has 1 aromatic rings. The molecule has 0 N–H and O–H groups in total. The van der Waals surface area contributed by atoms with Crippen molar-refractivity contribution in [3.05, 3.63) is 11.7 Å². The highest BCUT2D eigenvalue weighted by atomic mass is 32.2. The van der Waals surface area contributed by atoms with Crippen molar-refractivity contribution in [2.45, 2.75) is 42.6 Å². The van der Waals surface area contributed by atoms with Crippen molar-refractivity contribution in [1.29, 1.82) is 0 Å². The van der Waals surface area contributed by atoms with E-state index in [0.717, 1.165) is 24.4 Å². The highest BCUT2D eigenvalue weighted by Crippen LogP contribution is 2.49. The zero-order valence-electron chi connectivity index (χ0n) is 11.6. The smallest absolute Gasteiger partial charge is 0.321 e. The lowest BCUT2D eigenvalue weighted by Gasteiger charge is -2.24. The lowest BCUT2D eigenvalue weighted by atomic mass is 10.1. The van der Waals surface area contributed by atoms with Gasteiger partial charge in [0, 0.05) is 16.8 Å². The number of thioether (sulfide) groups is 2. The van der Waals surface area contributed by atoms with E-state index in [1.165, 1.54) is 5.75 Å². The molecule has 20 heavy (non-hydrogen) atoms. The lowest BCUT2D eigenvalue weighted by Crippen LogP contribution is -2.24. The van der Waals surface area contributed by atoms with Gasteiger partial charge in [0.25, 0.3) is 0 Å². The monoisotopic (exact) mass is 314 g/mol. The standard InChI is InChI=1S/C13H18N2O3S2/c1-3-17-12(16)13(4-5-13)11-14-10(15-18-11)9-8(2)19-6-7-20-9/h8-9H,3-7H2,1-2H3. The van der Waals surface area contributed by atoms with Gasteiger partial charge >= 0.3 is 5.97 Å². The molecule has 0 bridgehead atoms. The molecule has 2 unspecified atom stereocenters. The molecule has 0 amide bonds. The number of esters is 1. The molecular formula is C13H18N2O3S2. The minimum Gasteiger partial charge on any atom is -0.465 e. The van der Waals surface area contributed by atoms with Crippen LogP contribution in [0.15, 0.2) is 4.52 Å². The maximum atomic E-state index is 12.0. The summed E-state index contributed by atoms with van der Waals surface area (Å²) in [6.07, 6.45) is 1.49. The number of carbonyl (C=O) groups excluding carboxylic acids is 1. The fourth-order valence-corrected chi connectivity index (χ4v) is 5.04. The summed E-state index contributed by atoms with van der Waals surface area (Å²) >= 11 is 3.80. The number of nitrogens with zero attached hydrogens (tertiary/aromatic N) is 2. The molecule has 2 atom stereocenters. The Labute approximate surface area is 126 Å². The maximum absolute atomic E-state index is 12.0. The first-order valence-electron chi connectivity index (χ1n) is 6.92. The lowest BCUT2D eigenvalue weighted by molar-refractivity contribution is -0.146. The normalized spacial score (nSPS) is 28.1. The van der Waals surface area contributed by atoms with Crippen LogP contribution in [0.2, 0.25) is 0 Å². The van der Waals surface area contributed by atoms with E-state index in [9.17, 15) is 4.79 Å². The topological polar surface area (TPSA) is 65.2 Å². The van der Waals surface area contributed by atoms with Crippen LogP contribution in [0.3, 0.4) is 0 Å². The number of carbonyl (C=O) groups is 1. The molecule has 110 valence electrons. The van der Waals surface area contributed by atoms with E-state index in [2.05, 4.69) is 17.1 Å². The van der Waals surface area contributed by atoms with Crippen molar-refractivity contribution < 1.29 is 14.1 Å². The zero-order valence-corrected chi connectivity index (χ0v) is 13.3. The maximum Gasteiger partial charge on any atom is 0.321 e. The first-order chi connectivity index (χ1) is 9.67. The summed E-state index contributed by atoms with van der Waals surface area (Å²) in [4.78, 5) is 16.5. The van der Waals surface area contributed by atoms with Gasteiger partial charge in [-0.05, 0) is 19.8 Å². The minimum absolute atomic E-state index is 0.228. The van der Waals surface area contributed by atoms with Gasteiger partial charge in [-0.3, -0.25) is 4.79 Å². The van der Waals surface area contributed by atoms with E-state index in [1.807, 2.05) is 30.4 Å². The van der Waals surface area contributed by atoms with Crippen LogP contribution in [-0.2, 0) is 14.9 Å². The number of hydrogen-bond donors (Lipinski definition) is 0. The molecular weight excluding hydrogens is 296 g/mol. The summed E-state index contributed by atoms with van der Waals surface area (Å²) < 4.78 is 10.5. The van der Waals surface area contributed by atoms with E-state index in [-0.39, 0.29) is 11.2 Å². The van der Waals surface area contributed by atoms with Crippen molar-refractivity contribution in [3.8, 4) is 0 Å². The summed E-state index contributed by atoms with van der Waals surface area (Å²) in [7, 11) is 0. The van der Waals surface area contributed by atoms with E-state index < -0.39 is 5.41 Å². The number of aromatic nitrogens is 2. The van der Waals surface area contributed by atoms with Crippen molar-refractivity contribution in [1.82, 2.24) is 10.1 Å². The molecule has 7 heteroatoms. The summed E-state index contributed by atoms with van der Waals surface area (Å²) in [6.45, 7) is 4.38. The van der Waals surface area contributed by atoms with E-state index >= 15 is 0 Å². The summed E-state index contributed by atoms with van der Waals surface area (Å²) in [6, 6.07) is 0. The predicted octanol–water partition coefficient (Wildman–Crippen LogP) is 2.57. The largest absolute Gasteiger partial charge is 0.465 e. The van der Waals surface area contributed by atoms with Crippen LogP contribution >= 0.6 is 23.5 Å².